The van der Waals surface area contributed by atoms with Gasteiger partial charge < -0.3 is 14.2 Å². The van der Waals surface area contributed by atoms with Gasteiger partial charge in [0.05, 0.1) is 17.6 Å². The molecule has 1 aromatic heterocycles. The van der Waals surface area contributed by atoms with Crippen molar-refractivity contribution in [2.45, 2.75) is 6.54 Å². The zero-order valence-corrected chi connectivity index (χ0v) is 21.4. The number of fused-ring (bicyclic) bond motifs is 2. The van der Waals surface area contributed by atoms with Crippen LogP contribution in [-0.4, -0.2) is 32.8 Å². The molecule has 38 heavy (non-hydrogen) atoms. The van der Waals surface area contributed by atoms with Gasteiger partial charge in [-0.25, -0.2) is 4.98 Å². The lowest BCUT2D eigenvalue weighted by molar-refractivity contribution is -0.123. The van der Waals surface area contributed by atoms with Crippen LogP contribution in [0.25, 0.3) is 16.8 Å². The highest BCUT2D eigenvalue weighted by Gasteiger charge is 2.36. The molecule has 0 N–H and O–H groups in total. The van der Waals surface area contributed by atoms with E-state index >= 15 is 0 Å². The Morgan fingerprint density at radius 1 is 1.11 bits per heavy atom. The first-order valence-corrected chi connectivity index (χ1v) is 12.7. The molecule has 0 spiro atoms. The number of hydrogen-bond donors (Lipinski definition) is 0. The lowest BCUT2D eigenvalue weighted by Gasteiger charge is -2.14. The maximum atomic E-state index is 14.3. The summed E-state index contributed by atoms with van der Waals surface area (Å²) in [4.78, 5) is 34.9. The van der Waals surface area contributed by atoms with Crippen LogP contribution in [-0.2, 0) is 11.3 Å². The van der Waals surface area contributed by atoms with E-state index in [0.717, 1.165) is 33.6 Å². The number of aromatic nitrogens is 2. The fourth-order valence-electron chi connectivity index (χ4n) is 4.04. The van der Waals surface area contributed by atoms with Crippen LogP contribution in [0.4, 0.5) is 9.18 Å². The molecule has 3 heterocycles. The standard InChI is InChI=1S/C26H14Cl2FN3O5S/c27-17-9-21-20(35-12-36-21)7-14(17)11-32-24(33)22(38-26(32)34)8-16-15-4-2-1-3-13(15)5-6-19(16)37-23-18(29)10-30-25(28)31-23/h1-10H,11-12H2/b22-8+. The van der Waals surface area contributed by atoms with Crippen LogP contribution in [0.2, 0.25) is 10.3 Å². The van der Waals surface area contributed by atoms with Crippen molar-refractivity contribution in [1.82, 2.24) is 14.9 Å². The lowest BCUT2D eigenvalue weighted by Crippen LogP contribution is -2.27. The Balaban J connectivity index is 1.37. The molecule has 1 fully saturated rings. The highest BCUT2D eigenvalue weighted by Crippen LogP contribution is 2.41. The second kappa shape index (κ2) is 9.79. The largest absolute Gasteiger partial charge is 0.454 e. The van der Waals surface area contributed by atoms with Crippen molar-refractivity contribution in [3.05, 3.63) is 86.9 Å². The Hall–Kier alpha value is -3.86. The van der Waals surface area contributed by atoms with Crippen LogP contribution in [0, 0.1) is 5.82 Å². The summed E-state index contributed by atoms with van der Waals surface area (Å²) in [5.74, 6) is -0.499. The predicted molar refractivity (Wildman–Crippen MR) is 140 cm³/mol. The Labute approximate surface area is 228 Å². The van der Waals surface area contributed by atoms with E-state index in [0.29, 0.717) is 27.6 Å². The normalized spacial score (nSPS) is 15.7. The summed E-state index contributed by atoms with van der Waals surface area (Å²) in [6.45, 7) is 0.0149. The number of carbonyl (C=O) groups excluding carboxylic acids is 2. The number of nitrogens with zero attached hydrogens (tertiary/aromatic N) is 3. The average molecular weight is 570 g/mol. The van der Waals surface area contributed by atoms with Gasteiger partial charge in [0, 0.05) is 16.7 Å². The smallest absolute Gasteiger partial charge is 0.293 e. The van der Waals surface area contributed by atoms with Crippen molar-refractivity contribution in [3.63, 3.8) is 0 Å². The van der Waals surface area contributed by atoms with E-state index in [1.807, 2.05) is 24.3 Å². The zero-order chi connectivity index (χ0) is 26.4. The van der Waals surface area contributed by atoms with Gasteiger partial charge in [-0.1, -0.05) is 41.9 Å². The molecule has 0 aliphatic carbocycles. The number of halogens is 3. The van der Waals surface area contributed by atoms with Crippen molar-refractivity contribution in [2.24, 2.45) is 0 Å². The summed E-state index contributed by atoms with van der Waals surface area (Å²) in [5, 5.41) is 1.25. The molecule has 4 aromatic rings. The lowest BCUT2D eigenvalue weighted by atomic mass is 10.0. The summed E-state index contributed by atoms with van der Waals surface area (Å²) >= 11 is 13.0. The van der Waals surface area contributed by atoms with Gasteiger partial charge in [-0.2, -0.15) is 9.37 Å². The minimum Gasteiger partial charge on any atom is -0.454 e. The Kier molecular flexibility index (Phi) is 6.30. The zero-order valence-electron chi connectivity index (χ0n) is 19.1. The third kappa shape index (κ3) is 4.51. The first-order valence-electron chi connectivity index (χ1n) is 11.1. The maximum absolute atomic E-state index is 14.3. The molecule has 190 valence electrons. The molecule has 2 aliphatic rings. The molecule has 2 amide bonds. The van der Waals surface area contributed by atoms with Gasteiger partial charge in [-0.05, 0) is 57.9 Å². The van der Waals surface area contributed by atoms with Gasteiger partial charge in [0.2, 0.25) is 17.9 Å². The van der Waals surface area contributed by atoms with Crippen LogP contribution in [0.3, 0.4) is 0 Å². The summed E-state index contributed by atoms with van der Waals surface area (Å²) in [7, 11) is 0. The van der Waals surface area contributed by atoms with Gasteiger partial charge >= 0.3 is 0 Å². The van der Waals surface area contributed by atoms with Gasteiger partial charge in [0.15, 0.2) is 11.5 Å². The number of imide groups is 1. The Morgan fingerprint density at radius 2 is 1.89 bits per heavy atom. The number of carbonyl (C=O) groups is 2. The molecule has 0 atom stereocenters. The average Bonchev–Trinajstić information content (AvgIpc) is 3.46. The Morgan fingerprint density at radius 3 is 2.74 bits per heavy atom. The molecular formula is C26H14Cl2FN3O5S. The van der Waals surface area contributed by atoms with Crippen LogP contribution in [0.5, 0.6) is 23.1 Å². The summed E-state index contributed by atoms with van der Waals surface area (Å²) in [6, 6.07) is 14.0. The molecule has 8 nitrogen and oxygen atoms in total. The Bertz CT molecular complexity index is 1680. The van der Waals surface area contributed by atoms with Crippen LogP contribution in [0.15, 0.2) is 59.6 Å². The van der Waals surface area contributed by atoms with Crippen LogP contribution < -0.4 is 14.2 Å². The molecule has 2 aliphatic heterocycles. The fraction of sp³-hybridized carbons (Fsp3) is 0.0769. The van der Waals surface area contributed by atoms with Gasteiger partial charge in [0.1, 0.15) is 5.75 Å². The van der Waals surface area contributed by atoms with Crippen molar-refractivity contribution >= 4 is 63.0 Å². The number of amides is 2. The SMILES string of the molecule is O=C1S/C(=C/c2c(Oc3nc(Cl)ncc3F)ccc3ccccc23)C(=O)N1Cc1cc2c(cc1Cl)OCO2. The molecule has 0 saturated carbocycles. The van der Waals surface area contributed by atoms with E-state index < -0.39 is 17.0 Å². The molecule has 6 rings (SSSR count). The summed E-state index contributed by atoms with van der Waals surface area (Å²) in [6.07, 6.45) is 2.45. The summed E-state index contributed by atoms with van der Waals surface area (Å²) in [5.41, 5.74) is 0.994. The van der Waals surface area contributed by atoms with Crippen molar-refractivity contribution in [2.75, 3.05) is 6.79 Å². The second-order valence-corrected chi connectivity index (χ2v) is 9.90. The number of hydrogen-bond acceptors (Lipinski definition) is 8. The number of ether oxygens (including phenoxy) is 3. The molecule has 3 aromatic carbocycles. The van der Waals surface area contributed by atoms with Crippen LogP contribution in [0.1, 0.15) is 11.1 Å². The molecular weight excluding hydrogens is 556 g/mol. The highest BCUT2D eigenvalue weighted by molar-refractivity contribution is 8.18. The molecule has 1 saturated heterocycles. The minimum absolute atomic E-state index is 0.0545. The first-order chi connectivity index (χ1) is 18.4. The third-order valence-corrected chi connectivity index (χ3v) is 7.28. The highest BCUT2D eigenvalue weighted by atomic mass is 35.5. The number of thioether (sulfide) groups is 1. The van der Waals surface area contributed by atoms with E-state index in [4.69, 9.17) is 37.4 Å². The van der Waals surface area contributed by atoms with E-state index in [1.165, 1.54) is 0 Å². The topological polar surface area (TPSA) is 90.9 Å². The van der Waals surface area contributed by atoms with Gasteiger partial charge in [-0.15, -0.1) is 0 Å². The van der Waals surface area contributed by atoms with E-state index in [-0.39, 0.29) is 35.2 Å². The van der Waals surface area contributed by atoms with Crippen molar-refractivity contribution in [3.8, 4) is 23.1 Å². The third-order valence-electron chi connectivity index (χ3n) is 5.84. The number of rotatable bonds is 5. The van der Waals surface area contributed by atoms with Crippen molar-refractivity contribution < 1.29 is 28.2 Å². The molecule has 0 bridgehead atoms. The van der Waals surface area contributed by atoms with E-state index in [9.17, 15) is 14.0 Å². The molecule has 12 heteroatoms. The minimum atomic E-state index is -0.811. The first kappa shape index (κ1) is 24.5. The van der Waals surface area contributed by atoms with Gasteiger partial charge in [0.25, 0.3) is 17.0 Å². The van der Waals surface area contributed by atoms with Crippen molar-refractivity contribution in [1.29, 1.82) is 0 Å². The summed E-state index contributed by atoms with van der Waals surface area (Å²) < 4.78 is 30.8. The predicted octanol–water partition coefficient (Wildman–Crippen LogP) is 6.83. The van der Waals surface area contributed by atoms with E-state index in [2.05, 4.69) is 9.97 Å². The maximum Gasteiger partial charge on any atom is 0.293 e. The van der Waals surface area contributed by atoms with Gasteiger partial charge in [-0.3, -0.25) is 14.5 Å². The fourth-order valence-corrected chi connectivity index (χ4v) is 5.20. The van der Waals surface area contributed by atoms with E-state index in [1.54, 1.807) is 30.3 Å². The second-order valence-electron chi connectivity index (χ2n) is 8.16. The molecule has 0 radical (unpaired) electrons. The quantitative estimate of drug-likeness (QED) is 0.191. The monoisotopic (exact) mass is 569 g/mol. The van der Waals surface area contributed by atoms with Crippen LogP contribution >= 0.6 is 35.0 Å². The number of benzene rings is 3. The molecule has 0 unspecified atom stereocenters.